The normalized spacial score (nSPS) is 17.6. The maximum Gasteiger partial charge on any atom is 0.262 e. The minimum atomic E-state index is -3.88. The number of sulfonamides is 1. The molecule has 2 aliphatic rings. The van der Waals surface area contributed by atoms with Crippen molar-refractivity contribution in [3.05, 3.63) is 46.6 Å². The van der Waals surface area contributed by atoms with Gasteiger partial charge >= 0.3 is 0 Å². The Hall–Kier alpha value is -2.65. The first-order valence-electron chi connectivity index (χ1n) is 12.6. The molecule has 0 radical (unpaired) electrons. The molecule has 2 aromatic rings. The second kappa shape index (κ2) is 11.0. The van der Waals surface area contributed by atoms with Gasteiger partial charge in [-0.25, -0.2) is 13.4 Å². The third-order valence-electron chi connectivity index (χ3n) is 7.06. The van der Waals surface area contributed by atoms with Gasteiger partial charge in [0, 0.05) is 38.4 Å². The molecule has 0 bridgehead atoms. The van der Waals surface area contributed by atoms with Gasteiger partial charge < -0.3 is 15.5 Å². The van der Waals surface area contributed by atoms with Crippen LogP contribution in [0.25, 0.3) is 0 Å². The van der Waals surface area contributed by atoms with E-state index in [9.17, 15) is 13.2 Å². The number of carbonyl (C=O) groups excluding carboxylic acids is 1. The molecular weight excluding hydrogens is 462 g/mol. The van der Waals surface area contributed by atoms with Gasteiger partial charge in [0.25, 0.3) is 15.9 Å². The lowest BCUT2D eigenvalue weighted by Crippen LogP contribution is -2.44. The van der Waals surface area contributed by atoms with Crippen LogP contribution in [0.3, 0.4) is 0 Å². The molecule has 35 heavy (non-hydrogen) atoms. The molecule has 2 fully saturated rings. The van der Waals surface area contributed by atoms with Crippen molar-refractivity contribution in [2.24, 2.45) is 0 Å². The molecule has 0 unspecified atom stereocenters. The Morgan fingerprint density at radius 3 is 2.31 bits per heavy atom. The molecule has 1 aromatic carbocycles. The average molecular weight is 500 g/mol. The minimum Gasteiger partial charge on any atom is -0.352 e. The summed E-state index contributed by atoms with van der Waals surface area (Å²) in [6.07, 6.45) is 8.15. The van der Waals surface area contributed by atoms with Crippen LogP contribution in [0.4, 0.5) is 11.5 Å². The first kappa shape index (κ1) is 25.4. The van der Waals surface area contributed by atoms with E-state index in [4.69, 9.17) is 0 Å². The van der Waals surface area contributed by atoms with Gasteiger partial charge in [-0.1, -0.05) is 31.7 Å². The van der Waals surface area contributed by atoms with Crippen LogP contribution in [0.5, 0.6) is 0 Å². The van der Waals surface area contributed by atoms with E-state index in [1.54, 1.807) is 25.3 Å². The standard InChI is InChI=1S/C26H37N5O3S/c1-18-14-20(3)24(15-19(18)2)35(33,34)30-23-16-21(17-28-25(23)31-12-10-27-11-13-31)26(32)29-22-8-6-4-5-7-9-22/h14-17,22,27,30H,4-13H2,1-3H3,(H,29,32). The van der Waals surface area contributed by atoms with Crippen LogP contribution in [0.1, 0.15) is 65.6 Å². The molecule has 1 aromatic heterocycles. The number of nitrogens with zero attached hydrogens (tertiary/aromatic N) is 2. The van der Waals surface area contributed by atoms with Gasteiger partial charge in [-0.2, -0.15) is 0 Å². The Bertz CT molecular complexity index is 1170. The van der Waals surface area contributed by atoms with E-state index < -0.39 is 10.0 Å². The van der Waals surface area contributed by atoms with Crippen LogP contribution in [0, 0.1) is 20.8 Å². The largest absolute Gasteiger partial charge is 0.352 e. The van der Waals surface area contributed by atoms with Crippen molar-refractivity contribution in [1.29, 1.82) is 0 Å². The number of aromatic nitrogens is 1. The summed E-state index contributed by atoms with van der Waals surface area (Å²) < 4.78 is 29.7. The summed E-state index contributed by atoms with van der Waals surface area (Å²) in [6, 6.07) is 5.37. The zero-order valence-electron chi connectivity index (χ0n) is 21.0. The van der Waals surface area contributed by atoms with Crippen molar-refractivity contribution in [2.75, 3.05) is 35.8 Å². The van der Waals surface area contributed by atoms with Crippen LogP contribution in [-0.4, -0.2) is 51.5 Å². The Morgan fingerprint density at radius 2 is 1.63 bits per heavy atom. The van der Waals surface area contributed by atoms with Gasteiger partial charge in [0.1, 0.15) is 0 Å². The van der Waals surface area contributed by atoms with Crippen molar-refractivity contribution < 1.29 is 13.2 Å². The maximum atomic E-state index is 13.5. The SMILES string of the molecule is Cc1cc(C)c(S(=O)(=O)Nc2cc(C(=O)NC3CCCCCC3)cnc2N2CCNCC2)cc1C. The molecule has 3 N–H and O–H groups in total. The number of rotatable bonds is 6. The second-order valence-corrected chi connectivity index (χ2v) is 11.5. The molecule has 4 rings (SSSR count). The lowest BCUT2D eigenvalue weighted by atomic mass is 10.1. The van der Waals surface area contributed by atoms with Crippen LogP contribution in [-0.2, 0) is 10.0 Å². The molecule has 8 nitrogen and oxygen atoms in total. The third kappa shape index (κ3) is 6.13. The lowest BCUT2D eigenvalue weighted by Gasteiger charge is -2.30. The second-order valence-electron chi connectivity index (χ2n) is 9.80. The first-order chi connectivity index (χ1) is 16.7. The van der Waals surface area contributed by atoms with Crippen molar-refractivity contribution >= 4 is 27.4 Å². The zero-order valence-corrected chi connectivity index (χ0v) is 21.8. The molecule has 1 amide bonds. The van der Waals surface area contributed by atoms with Gasteiger partial charge in [0.15, 0.2) is 5.82 Å². The Balaban J connectivity index is 1.66. The Kier molecular flexibility index (Phi) is 7.96. The summed E-state index contributed by atoms with van der Waals surface area (Å²) in [5, 5.41) is 6.44. The zero-order chi connectivity index (χ0) is 25.0. The quantitative estimate of drug-likeness (QED) is 0.524. The van der Waals surface area contributed by atoms with E-state index >= 15 is 0 Å². The molecule has 2 heterocycles. The minimum absolute atomic E-state index is 0.149. The summed E-state index contributed by atoms with van der Waals surface area (Å²) in [5.74, 6) is 0.335. The molecular formula is C26H37N5O3S. The van der Waals surface area contributed by atoms with Crippen molar-refractivity contribution in [3.63, 3.8) is 0 Å². The van der Waals surface area contributed by atoms with Crippen LogP contribution >= 0.6 is 0 Å². The fraction of sp³-hybridized carbons (Fsp3) is 0.538. The molecule has 0 spiro atoms. The predicted octanol–water partition coefficient (Wildman–Crippen LogP) is 3.67. The van der Waals surface area contributed by atoms with Crippen LogP contribution in [0.2, 0.25) is 0 Å². The number of hydrogen-bond donors (Lipinski definition) is 3. The Labute approximate surface area is 209 Å². The van der Waals surface area contributed by atoms with Gasteiger partial charge in [0.05, 0.1) is 16.1 Å². The van der Waals surface area contributed by atoms with E-state index in [1.807, 2.05) is 19.9 Å². The lowest BCUT2D eigenvalue weighted by molar-refractivity contribution is 0.0933. The van der Waals surface area contributed by atoms with Gasteiger partial charge in [-0.3, -0.25) is 9.52 Å². The number of amides is 1. The summed E-state index contributed by atoms with van der Waals surface area (Å²) in [6.45, 7) is 8.65. The fourth-order valence-electron chi connectivity index (χ4n) is 4.90. The van der Waals surface area contributed by atoms with Crippen LogP contribution in [0.15, 0.2) is 29.3 Å². The van der Waals surface area contributed by atoms with E-state index in [0.29, 0.717) is 35.7 Å². The number of benzene rings is 1. The third-order valence-corrected chi connectivity index (χ3v) is 8.57. The first-order valence-corrected chi connectivity index (χ1v) is 14.1. The van der Waals surface area contributed by atoms with Crippen molar-refractivity contribution in [2.45, 2.75) is 70.2 Å². The average Bonchev–Trinajstić information content (AvgIpc) is 3.10. The number of carbonyl (C=O) groups is 1. The molecule has 1 saturated heterocycles. The highest BCUT2D eigenvalue weighted by molar-refractivity contribution is 7.92. The van der Waals surface area contributed by atoms with Crippen LogP contribution < -0.4 is 20.3 Å². The van der Waals surface area contributed by atoms with E-state index in [0.717, 1.165) is 49.9 Å². The molecule has 0 atom stereocenters. The highest BCUT2D eigenvalue weighted by atomic mass is 32.2. The van der Waals surface area contributed by atoms with Gasteiger partial charge in [-0.05, 0) is 62.4 Å². The number of hydrogen-bond acceptors (Lipinski definition) is 6. The summed E-state index contributed by atoms with van der Waals surface area (Å²) in [4.78, 5) is 19.9. The summed E-state index contributed by atoms with van der Waals surface area (Å²) in [5.41, 5.74) is 3.33. The number of anilines is 2. The molecule has 9 heteroatoms. The molecule has 190 valence electrons. The molecule has 1 saturated carbocycles. The monoisotopic (exact) mass is 499 g/mol. The highest BCUT2D eigenvalue weighted by Gasteiger charge is 2.25. The van der Waals surface area contributed by atoms with Crippen molar-refractivity contribution in [3.8, 4) is 0 Å². The molecule has 1 aliphatic carbocycles. The van der Waals surface area contributed by atoms with E-state index in [-0.39, 0.29) is 16.8 Å². The summed E-state index contributed by atoms with van der Waals surface area (Å²) in [7, 11) is -3.88. The number of aryl methyl sites for hydroxylation is 3. The number of pyridine rings is 1. The van der Waals surface area contributed by atoms with Crippen molar-refractivity contribution in [1.82, 2.24) is 15.6 Å². The van der Waals surface area contributed by atoms with Gasteiger partial charge in [-0.15, -0.1) is 0 Å². The maximum absolute atomic E-state index is 13.5. The van der Waals surface area contributed by atoms with Gasteiger partial charge in [0.2, 0.25) is 0 Å². The highest BCUT2D eigenvalue weighted by Crippen LogP contribution is 2.29. The van der Waals surface area contributed by atoms with E-state index in [1.165, 1.54) is 12.8 Å². The predicted molar refractivity (Wildman–Crippen MR) is 140 cm³/mol. The Morgan fingerprint density at radius 1 is 0.971 bits per heavy atom. The fourth-order valence-corrected chi connectivity index (χ4v) is 6.27. The topological polar surface area (TPSA) is 103 Å². The molecule has 1 aliphatic heterocycles. The number of nitrogens with one attached hydrogen (secondary N) is 3. The smallest absolute Gasteiger partial charge is 0.262 e. The van der Waals surface area contributed by atoms with E-state index in [2.05, 4.69) is 25.2 Å². The summed E-state index contributed by atoms with van der Waals surface area (Å²) >= 11 is 0. The number of piperazine rings is 1.